The number of carbonyl (C=O) groups excluding carboxylic acids is 1. The molecule has 2 fully saturated rings. The average Bonchev–Trinajstić information content (AvgIpc) is 3.36. The van der Waals surface area contributed by atoms with Gasteiger partial charge in [-0.05, 0) is 51.5 Å². The van der Waals surface area contributed by atoms with Gasteiger partial charge in [0.1, 0.15) is 6.10 Å². The molecule has 1 amide bonds. The van der Waals surface area contributed by atoms with Crippen molar-refractivity contribution in [3.63, 3.8) is 0 Å². The molecule has 1 aromatic rings. The van der Waals surface area contributed by atoms with Crippen LogP contribution in [-0.2, 0) is 11.3 Å². The van der Waals surface area contributed by atoms with Gasteiger partial charge >= 0.3 is 0 Å². The van der Waals surface area contributed by atoms with E-state index in [1.165, 1.54) is 12.8 Å². The lowest BCUT2D eigenvalue weighted by atomic mass is 10.2. The molecule has 1 aromatic heterocycles. The molecule has 1 saturated carbocycles. The number of guanidine groups is 1. The number of ether oxygens (including phenoxy) is 1. The number of likely N-dealkylation sites (tertiary alicyclic amines) is 1. The first-order valence-electron chi connectivity index (χ1n) is 10.7. The van der Waals surface area contributed by atoms with Gasteiger partial charge in [0.2, 0.25) is 11.8 Å². The second-order valence-electron chi connectivity index (χ2n) is 7.45. The molecule has 2 heterocycles. The van der Waals surface area contributed by atoms with Crippen molar-refractivity contribution in [1.29, 1.82) is 0 Å². The topological polar surface area (TPSA) is 78.9 Å². The third kappa shape index (κ3) is 7.64. The van der Waals surface area contributed by atoms with E-state index in [9.17, 15) is 4.79 Å². The summed E-state index contributed by atoms with van der Waals surface area (Å²) in [7, 11) is 0. The molecule has 7 nitrogen and oxygen atoms in total. The highest BCUT2D eigenvalue weighted by Crippen LogP contribution is 2.25. The van der Waals surface area contributed by atoms with E-state index in [0.717, 1.165) is 63.4 Å². The predicted molar refractivity (Wildman–Crippen MR) is 126 cm³/mol. The van der Waals surface area contributed by atoms with Gasteiger partial charge in [-0.15, -0.1) is 24.0 Å². The fraction of sp³-hybridized carbons (Fsp3) is 0.667. The Labute approximate surface area is 191 Å². The minimum atomic E-state index is 0. The van der Waals surface area contributed by atoms with Crippen LogP contribution in [0.1, 0.15) is 57.4 Å². The first-order chi connectivity index (χ1) is 13.8. The minimum absolute atomic E-state index is 0. The molecule has 162 valence electrons. The molecule has 0 unspecified atom stereocenters. The standard InChI is InChI=1S/C21H33N5O2.HI/c1-2-22-21(24-13-7-15-26-14-6-11-19(26)27)25-16-17-8-5-12-23-20(17)28-18-9-3-4-10-18;/h5,8,12,18H,2-4,6-7,9-11,13-16H2,1H3,(H2,22,24,25);1H. The monoisotopic (exact) mass is 515 g/mol. The number of halogens is 1. The van der Waals surface area contributed by atoms with Crippen LogP contribution in [-0.4, -0.2) is 54.0 Å². The molecule has 29 heavy (non-hydrogen) atoms. The Hall–Kier alpha value is -1.58. The first kappa shape index (κ1) is 23.7. The van der Waals surface area contributed by atoms with E-state index in [1.807, 2.05) is 17.0 Å². The van der Waals surface area contributed by atoms with Crippen molar-refractivity contribution in [3.8, 4) is 5.88 Å². The van der Waals surface area contributed by atoms with Gasteiger partial charge in [0.25, 0.3) is 0 Å². The third-order valence-corrected chi connectivity index (χ3v) is 5.25. The van der Waals surface area contributed by atoms with Gasteiger partial charge in [0.15, 0.2) is 5.96 Å². The smallest absolute Gasteiger partial charge is 0.222 e. The number of aromatic nitrogens is 1. The van der Waals surface area contributed by atoms with E-state index in [2.05, 4.69) is 22.5 Å². The predicted octanol–water partition coefficient (Wildman–Crippen LogP) is 3.09. The average molecular weight is 515 g/mol. The summed E-state index contributed by atoms with van der Waals surface area (Å²) in [4.78, 5) is 22.7. The summed E-state index contributed by atoms with van der Waals surface area (Å²) in [6.07, 6.45) is 9.38. The molecule has 1 aliphatic heterocycles. The van der Waals surface area contributed by atoms with E-state index < -0.39 is 0 Å². The summed E-state index contributed by atoms with van der Waals surface area (Å²) in [5, 5.41) is 6.64. The zero-order valence-electron chi connectivity index (χ0n) is 17.4. The number of aliphatic imine (C=N–C) groups is 1. The Morgan fingerprint density at radius 2 is 2.14 bits per heavy atom. The zero-order valence-corrected chi connectivity index (χ0v) is 19.7. The van der Waals surface area contributed by atoms with E-state index in [-0.39, 0.29) is 36.0 Å². The molecule has 0 radical (unpaired) electrons. The Bertz CT molecular complexity index is 664. The van der Waals surface area contributed by atoms with Gasteiger partial charge < -0.3 is 20.3 Å². The van der Waals surface area contributed by atoms with Crippen molar-refractivity contribution in [2.45, 2.75) is 64.5 Å². The normalized spacial score (nSPS) is 17.3. The summed E-state index contributed by atoms with van der Waals surface area (Å²) in [5.41, 5.74) is 1.01. The lowest BCUT2D eigenvalue weighted by Gasteiger charge is -2.17. The van der Waals surface area contributed by atoms with Crippen molar-refractivity contribution >= 4 is 35.8 Å². The van der Waals surface area contributed by atoms with E-state index in [1.54, 1.807) is 6.20 Å². The van der Waals surface area contributed by atoms with Gasteiger partial charge in [-0.3, -0.25) is 4.79 Å². The summed E-state index contributed by atoms with van der Waals surface area (Å²) < 4.78 is 6.11. The number of nitrogens with zero attached hydrogens (tertiary/aromatic N) is 3. The quantitative estimate of drug-likeness (QED) is 0.229. The van der Waals surface area contributed by atoms with Crippen molar-refractivity contribution in [2.24, 2.45) is 4.99 Å². The van der Waals surface area contributed by atoms with Gasteiger partial charge in [0, 0.05) is 44.4 Å². The second-order valence-corrected chi connectivity index (χ2v) is 7.45. The van der Waals surface area contributed by atoms with Gasteiger partial charge in [-0.2, -0.15) is 0 Å². The summed E-state index contributed by atoms with van der Waals surface area (Å²) in [6, 6.07) is 3.96. The van der Waals surface area contributed by atoms with Crippen molar-refractivity contribution < 1.29 is 9.53 Å². The second kappa shape index (κ2) is 12.9. The van der Waals surface area contributed by atoms with Crippen LogP contribution < -0.4 is 15.4 Å². The van der Waals surface area contributed by atoms with Crippen LogP contribution in [0.5, 0.6) is 5.88 Å². The number of carbonyl (C=O) groups is 1. The SMILES string of the molecule is CCNC(=NCc1cccnc1OC1CCCC1)NCCCN1CCCC1=O.I. The van der Waals surface area contributed by atoms with Crippen molar-refractivity contribution in [2.75, 3.05) is 26.2 Å². The maximum absolute atomic E-state index is 11.7. The zero-order chi connectivity index (χ0) is 19.6. The first-order valence-corrected chi connectivity index (χ1v) is 10.7. The van der Waals surface area contributed by atoms with Gasteiger partial charge in [-0.25, -0.2) is 9.98 Å². The molecule has 8 heteroatoms. The van der Waals surface area contributed by atoms with E-state index in [0.29, 0.717) is 18.8 Å². The highest BCUT2D eigenvalue weighted by Gasteiger charge is 2.19. The molecule has 0 atom stereocenters. The number of rotatable bonds is 9. The maximum atomic E-state index is 11.7. The molecule has 1 aliphatic carbocycles. The molecule has 0 spiro atoms. The lowest BCUT2D eigenvalue weighted by Crippen LogP contribution is -2.39. The number of pyridine rings is 1. The van der Waals surface area contributed by atoms with E-state index >= 15 is 0 Å². The van der Waals surface area contributed by atoms with Crippen molar-refractivity contribution in [1.82, 2.24) is 20.5 Å². The third-order valence-electron chi connectivity index (χ3n) is 5.25. The molecule has 3 rings (SSSR count). The van der Waals surface area contributed by atoms with E-state index in [4.69, 9.17) is 9.73 Å². The number of nitrogens with one attached hydrogen (secondary N) is 2. The van der Waals surface area contributed by atoms with Gasteiger partial charge in [-0.1, -0.05) is 6.07 Å². The van der Waals surface area contributed by atoms with Crippen LogP contribution in [0.3, 0.4) is 0 Å². The molecule has 0 bridgehead atoms. The van der Waals surface area contributed by atoms with Crippen LogP contribution in [0.2, 0.25) is 0 Å². The highest BCUT2D eigenvalue weighted by atomic mass is 127. The van der Waals surface area contributed by atoms with Crippen molar-refractivity contribution in [3.05, 3.63) is 23.9 Å². The maximum Gasteiger partial charge on any atom is 0.222 e. The molecule has 2 aliphatic rings. The fourth-order valence-corrected chi connectivity index (χ4v) is 3.74. The summed E-state index contributed by atoms with van der Waals surface area (Å²) >= 11 is 0. The largest absolute Gasteiger partial charge is 0.474 e. The van der Waals surface area contributed by atoms with Crippen LogP contribution in [0.15, 0.2) is 23.3 Å². The van der Waals surface area contributed by atoms with Crippen LogP contribution >= 0.6 is 24.0 Å². The summed E-state index contributed by atoms with van der Waals surface area (Å²) in [5.74, 6) is 1.78. The molecular weight excluding hydrogens is 481 g/mol. The number of hydrogen-bond donors (Lipinski definition) is 2. The number of amides is 1. The number of hydrogen-bond acceptors (Lipinski definition) is 4. The Balaban J connectivity index is 0.00000300. The Morgan fingerprint density at radius 1 is 1.31 bits per heavy atom. The molecular formula is C21H34IN5O2. The fourth-order valence-electron chi connectivity index (χ4n) is 3.74. The van der Waals surface area contributed by atoms with Crippen LogP contribution in [0.4, 0.5) is 0 Å². The molecule has 2 N–H and O–H groups in total. The molecule has 1 saturated heterocycles. The van der Waals surface area contributed by atoms with Crippen LogP contribution in [0, 0.1) is 0 Å². The Kier molecular flexibility index (Phi) is 10.5. The van der Waals surface area contributed by atoms with Crippen LogP contribution in [0.25, 0.3) is 0 Å². The summed E-state index contributed by atoms with van der Waals surface area (Å²) in [6.45, 7) is 5.88. The minimum Gasteiger partial charge on any atom is -0.474 e. The molecule has 0 aromatic carbocycles. The van der Waals surface area contributed by atoms with Gasteiger partial charge in [0.05, 0.1) is 6.54 Å². The Morgan fingerprint density at radius 3 is 2.86 bits per heavy atom. The highest BCUT2D eigenvalue weighted by molar-refractivity contribution is 14.0. The lowest BCUT2D eigenvalue weighted by molar-refractivity contribution is -0.127.